The van der Waals surface area contributed by atoms with Gasteiger partial charge < -0.3 is 4.90 Å². The summed E-state index contributed by atoms with van der Waals surface area (Å²) in [4.78, 5) is 18.5. The van der Waals surface area contributed by atoms with Crippen LogP contribution in [0.3, 0.4) is 0 Å². The largest absolute Gasteiger partial charge is 0.341 e. The molecule has 8 nitrogen and oxygen atoms in total. The van der Waals surface area contributed by atoms with Gasteiger partial charge in [0.2, 0.25) is 15.9 Å². The number of hydrogen-bond acceptors (Lipinski definition) is 5. The van der Waals surface area contributed by atoms with Gasteiger partial charge in [-0.3, -0.25) is 4.79 Å². The average Bonchev–Trinajstić information content (AvgIpc) is 2.94. The maximum atomic E-state index is 12.7. The number of hydrogen-bond donors (Lipinski definition) is 0. The summed E-state index contributed by atoms with van der Waals surface area (Å²) in [7, 11) is -3.22. The van der Waals surface area contributed by atoms with Crippen molar-refractivity contribution in [3.8, 4) is 0 Å². The third-order valence-corrected chi connectivity index (χ3v) is 6.74. The van der Waals surface area contributed by atoms with Crippen molar-refractivity contribution >= 4 is 15.9 Å². The highest BCUT2D eigenvalue weighted by molar-refractivity contribution is 7.88. The van der Waals surface area contributed by atoms with Crippen molar-refractivity contribution in [2.75, 3.05) is 19.3 Å². The molecule has 2 fully saturated rings. The fraction of sp³-hybridized carbons (Fsp3) is 0.812. The van der Waals surface area contributed by atoms with Crippen molar-refractivity contribution in [1.29, 1.82) is 0 Å². The Kier molecular flexibility index (Phi) is 5.43. The molecule has 2 heterocycles. The predicted molar refractivity (Wildman–Crippen MR) is 93.3 cm³/mol. The van der Waals surface area contributed by atoms with E-state index in [0.717, 1.165) is 32.1 Å². The highest BCUT2D eigenvalue weighted by atomic mass is 32.2. The summed E-state index contributed by atoms with van der Waals surface area (Å²) >= 11 is 0. The van der Waals surface area contributed by atoms with E-state index in [-0.39, 0.29) is 18.0 Å². The molecule has 1 saturated heterocycles. The maximum Gasteiger partial charge on any atom is 0.247 e. The minimum absolute atomic E-state index is 0.000207. The van der Waals surface area contributed by atoms with Crippen LogP contribution in [-0.2, 0) is 14.8 Å². The summed E-state index contributed by atoms with van der Waals surface area (Å²) in [6.07, 6.45) is 9.61. The standard InChI is InChI=1S/C16H27N5O3S/c1-13(20-12-17-11-18-20)16(22)19-9-4-7-15(8-10-19)21(25(2,23)24)14-5-3-6-14/h11-15H,3-10H2,1-2H3/t13-,15+/m0/s1. The molecule has 140 valence electrons. The number of carbonyl (C=O) groups is 1. The minimum Gasteiger partial charge on any atom is -0.341 e. The van der Waals surface area contributed by atoms with Gasteiger partial charge in [-0.25, -0.2) is 18.1 Å². The van der Waals surface area contributed by atoms with E-state index in [1.165, 1.54) is 12.6 Å². The van der Waals surface area contributed by atoms with E-state index in [2.05, 4.69) is 10.1 Å². The summed E-state index contributed by atoms with van der Waals surface area (Å²) in [5.41, 5.74) is 0. The molecule has 0 bridgehead atoms. The quantitative estimate of drug-likeness (QED) is 0.774. The first-order valence-corrected chi connectivity index (χ1v) is 10.8. The van der Waals surface area contributed by atoms with Gasteiger partial charge in [0.15, 0.2) is 0 Å². The lowest BCUT2D eigenvalue weighted by Gasteiger charge is -2.40. The fourth-order valence-corrected chi connectivity index (χ4v) is 5.33. The number of aromatic nitrogens is 3. The molecule has 1 aliphatic heterocycles. The Morgan fingerprint density at radius 3 is 2.40 bits per heavy atom. The Morgan fingerprint density at radius 2 is 1.84 bits per heavy atom. The summed E-state index contributed by atoms with van der Waals surface area (Å²) in [5, 5.41) is 4.04. The number of sulfonamides is 1. The minimum atomic E-state index is -3.22. The second-order valence-electron chi connectivity index (χ2n) is 7.14. The van der Waals surface area contributed by atoms with E-state index in [1.54, 1.807) is 15.3 Å². The van der Waals surface area contributed by atoms with Gasteiger partial charge in [-0.1, -0.05) is 6.42 Å². The molecule has 1 aliphatic carbocycles. The van der Waals surface area contributed by atoms with Crippen molar-refractivity contribution in [2.24, 2.45) is 0 Å². The normalized spacial score (nSPS) is 24.0. The average molecular weight is 369 g/mol. The lowest BCUT2D eigenvalue weighted by atomic mass is 9.91. The van der Waals surface area contributed by atoms with Gasteiger partial charge in [0.25, 0.3) is 0 Å². The molecule has 1 aromatic heterocycles. The number of nitrogens with zero attached hydrogens (tertiary/aromatic N) is 5. The van der Waals surface area contributed by atoms with E-state index in [0.29, 0.717) is 19.5 Å². The zero-order valence-electron chi connectivity index (χ0n) is 14.9. The Balaban J connectivity index is 1.66. The van der Waals surface area contributed by atoms with Crippen LogP contribution in [-0.4, -0.2) is 69.7 Å². The van der Waals surface area contributed by atoms with Crippen LogP contribution >= 0.6 is 0 Å². The second kappa shape index (κ2) is 7.41. The van der Waals surface area contributed by atoms with Crippen LogP contribution in [0, 0.1) is 0 Å². The summed E-state index contributed by atoms with van der Waals surface area (Å²) in [6, 6.07) is -0.243. The van der Waals surface area contributed by atoms with Crippen molar-refractivity contribution in [1.82, 2.24) is 24.0 Å². The second-order valence-corrected chi connectivity index (χ2v) is 9.03. The molecule has 9 heteroatoms. The fourth-order valence-electron chi connectivity index (χ4n) is 3.83. The first kappa shape index (κ1) is 18.3. The van der Waals surface area contributed by atoms with Crippen LogP contribution in [0.1, 0.15) is 51.5 Å². The van der Waals surface area contributed by atoms with Gasteiger partial charge >= 0.3 is 0 Å². The van der Waals surface area contributed by atoms with Crippen molar-refractivity contribution in [2.45, 2.75) is 63.6 Å². The molecule has 3 rings (SSSR count). The molecule has 1 aromatic rings. The highest BCUT2D eigenvalue weighted by Crippen LogP contribution is 2.32. The highest BCUT2D eigenvalue weighted by Gasteiger charge is 2.38. The van der Waals surface area contributed by atoms with E-state index < -0.39 is 16.1 Å². The number of amides is 1. The Bertz CT molecular complexity index is 687. The van der Waals surface area contributed by atoms with Crippen molar-refractivity contribution in [3.63, 3.8) is 0 Å². The predicted octanol–water partition coefficient (Wildman–Crippen LogP) is 1.03. The van der Waals surface area contributed by atoms with Gasteiger partial charge in [0, 0.05) is 25.2 Å². The van der Waals surface area contributed by atoms with Crippen LogP contribution in [0.15, 0.2) is 12.7 Å². The SMILES string of the molecule is C[C@@H](C(=O)N1CCC[C@@H](N(C2CCC2)S(C)(=O)=O)CC1)n1cncn1. The molecule has 0 aromatic carbocycles. The van der Waals surface area contributed by atoms with Gasteiger partial charge in [-0.15, -0.1) is 0 Å². The van der Waals surface area contributed by atoms with E-state index in [4.69, 9.17) is 0 Å². The summed E-state index contributed by atoms with van der Waals surface area (Å²) in [5.74, 6) is 0.0145. The molecular weight excluding hydrogens is 342 g/mol. The molecule has 1 saturated carbocycles. The van der Waals surface area contributed by atoms with Gasteiger partial charge in [-0.2, -0.15) is 9.40 Å². The van der Waals surface area contributed by atoms with Gasteiger partial charge in [0.1, 0.15) is 18.7 Å². The number of likely N-dealkylation sites (tertiary alicyclic amines) is 1. The first-order valence-electron chi connectivity index (χ1n) is 8.99. The Morgan fingerprint density at radius 1 is 1.16 bits per heavy atom. The monoisotopic (exact) mass is 369 g/mol. The molecule has 0 radical (unpaired) electrons. The molecule has 0 N–H and O–H groups in total. The number of carbonyl (C=O) groups excluding carboxylic acids is 1. The molecule has 2 aliphatic rings. The molecule has 25 heavy (non-hydrogen) atoms. The van der Waals surface area contributed by atoms with Crippen LogP contribution < -0.4 is 0 Å². The van der Waals surface area contributed by atoms with Gasteiger partial charge in [0.05, 0.1) is 6.26 Å². The van der Waals surface area contributed by atoms with E-state index >= 15 is 0 Å². The molecular formula is C16H27N5O3S. The topological polar surface area (TPSA) is 88.4 Å². The molecule has 1 amide bonds. The smallest absolute Gasteiger partial charge is 0.247 e. The molecule has 2 atom stereocenters. The van der Waals surface area contributed by atoms with Gasteiger partial charge in [-0.05, 0) is 39.0 Å². The number of rotatable bonds is 5. The van der Waals surface area contributed by atoms with E-state index in [1.807, 2.05) is 11.8 Å². The summed E-state index contributed by atoms with van der Waals surface area (Å²) in [6.45, 7) is 3.06. The lowest BCUT2D eigenvalue weighted by molar-refractivity contribution is -0.134. The zero-order valence-corrected chi connectivity index (χ0v) is 15.7. The maximum absolute atomic E-state index is 12.7. The van der Waals surface area contributed by atoms with Crippen LogP contribution in [0.5, 0.6) is 0 Å². The van der Waals surface area contributed by atoms with Crippen LogP contribution in [0.2, 0.25) is 0 Å². The molecule has 0 spiro atoms. The zero-order chi connectivity index (χ0) is 18.0. The first-order chi connectivity index (χ1) is 11.9. The third kappa shape index (κ3) is 4.03. The van der Waals surface area contributed by atoms with Crippen LogP contribution in [0.25, 0.3) is 0 Å². The third-order valence-electron chi connectivity index (χ3n) is 5.38. The lowest BCUT2D eigenvalue weighted by Crippen LogP contribution is -2.50. The van der Waals surface area contributed by atoms with Crippen molar-refractivity contribution in [3.05, 3.63) is 12.7 Å². The van der Waals surface area contributed by atoms with Crippen molar-refractivity contribution < 1.29 is 13.2 Å². The van der Waals surface area contributed by atoms with E-state index in [9.17, 15) is 13.2 Å². The molecule has 0 unspecified atom stereocenters. The van der Waals surface area contributed by atoms with Crippen LogP contribution in [0.4, 0.5) is 0 Å². The Hall–Kier alpha value is -1.48. The summed E-state index contributed by atoms with van der Waals surface area (Å²) < 4.78 is 27.9. The Labute approximate surface area is 149 Å².